The van der Waals surface area contributed by atoms with Crippen molar-refractivity contribution in [2.45, 2.75) is 194 Å². The van der Waals surface area contributed by atoms with Gasteiger partial charge in [0.15, 0.2) is 12.2 Å². The number of carboxylic acid groups (broad SMARTS) is 1. The van der Waals surface area contributed by atoms with Crippen LogP contribution in [0.15, 0.2) is 0 Å². The predicted octanol–water partition coefficient (Wildman–Crippen LogP) is 1.49. The van der Waals surface area contributed by atoms with E-state index in [1.807, 2.05) is 0 Å². The number of esters is 1. The molecule has 0 heterocycles. The van der Waals surface area contributed by atoms with Crippen molar-refractivity contribution in [3.8, 4) is 0 Å². The first-order chi connectivity index (χ1) is 28.8. The van der Waals surface area contributed by atoms with Crippen LogP contribution in [0.4, 0.5) is 9.59 Å². The Bertz CT molecular complexity index is 1310. The van der Waals surface area contributed by atoms with Crippen molar-refractivity contribution in [2.75, 3.05) is 26.7 Å². The molecule has 0 aliphatic heterocycles. The van der Waals surface area contributed by atoms with Crippen molar-refractivity contribution in [3.05, 3.63) is 0 Å². The Morgan fingerprint density at radius 3 is 1.37 bits per heavy atom. The van der Waals surface area contributed by atoms with Gasteiger partial charge in [0.2, 0.25) is 11.8 Å². The molecule has 0 bridgehead atoms. The second-order valence-electron chi connectivity index (χ2n) is 16.5. The maximum atomic E-state index is 13.7. The van der Waals surface area contributed by atoms with Crippen LogP contribution < -0.4 is 32.3 Å². The summed E-state index contributed by atoms with van der Waals surface area (Å²) in [6.45, 7) is 18.9. The summed E-state index contributed by atoms with van der Waals surface area (Å²) < 4.78 is 15.4. The summed E-state index contributed by atoms with van der Waals surface area (Å²) in [5.74, 6) is -5.25. The van der Waals surface area contributed by atoms with Crippen LogP contribution >= 0.6 is 0 Å². The number of nitrogens with one attached hydrogen (secondary N) is 5. The van der Waals surface area contributed by atoms with Gasteiger partial charge < -0.3 is 72.1 Å². The minimum atomic E-state index is -2.46. The lowest BCUT2D eigenvalue weighted by Crippen LogP contribution is -2.56. The SMILES string of the molecule is CCC.CCC.COC(=O)[C@H](CCCCN)NC(=O)[C@H](CCCCNC(=O)OC(C)(C)C)NC(=O)C(CCCCNC(=O)[C@@H](O)[C@H](O)[C@H](O)[C@@H](O)C(=O)O)NC(=O)OC(C)(C)C. The Morgan fingerprint density at radius 1 is 0.548 bits per heavy atom. The lowest BCUT2D eigenvalue weighted by Gasteiger charge is -2.26. The van der Waals surface area contributed by atoms with Crippen LogP contribution in [-0.2, 0) is 38.2 Å². The van der Waals surface area contributed by atoms with Gasteiger partial charge in [-0.2, -0.15) is 0 Å². The van der Waals surface area contributed by atoms with Gasteiger partial charge in [0.25, 0.3) is 5.91 Å². The standard InChI is InChI=1S/C35H64N6O15.2C3H8/c1-34(2,3)55-32(52)38-19-13-10-14-20(27(46)40-22(31(51)54-7)16-8-11-17-36)39-28(47)21(41-33(53)56-35(4,5)6)15-9-12-18-37-29(48)25(44)23(42)24(43)26(45)30(49)50;2*1-3-2/h20-26,42-45H,8-19,36H2,1-7H3,(H,37,48)(H,38,52)(H,39,47)(H,40,46)(H,41,53)(H,49,50);2*3H2,1-2H3/t20-,21?,22-,23+,24-,25-,26+;;/m0../s1. The van der Waals surface area contributed by atoms with Crippen molar-refractivity contribution >= 4 is 41.8 Å². The van der Waals surface area contributed by atoms with E-state index in [1.165, 1.54) is 20.0 Å². The summed E-state index contributed by atoms with van der Waals surface area (Å²) in [5, 5.41) is 60.4. The summed E-state index contributed by atoms with van der Waals surface area (Å²) in [6, 6.07) is -3.52. The Hall–Kier alpha value is -4.31. The number of hydrogen-bond donors (Lipinski definition) is 11. The first-order valence-corrected chi connectivity index (χ1v) is 21.3. The molecule has 0 rings (SSSR count). The summed E-state index contributed by atoms with van der Waals surface area (Å²) in [5.41, 5.74) is 3.93. The van der Waals surface area contributed by atoms with Crippen molar-refractivity contribution in [1.29, 1.82) is 0 Å². The lowest BCUT2D eigenvalue weighted by atomic mass is 10.0. The molecule has 0 saturated heterocycles. The molecule has 62 heavy (non-hydrogen) atoms. The van der Waals surface area contributed by atoms with E-state index in [2.05, 4.69) is 54.3 Å². The number of aliphatic carboxylic acids is 1. The van der Waals surface area contributed by atoms with Crippen molar-refractivity contribution in [3.63, 3.8) is 0 Å². The number of nitrogens with two attached hydrogens (primary N) is 1. The fraction of sp³-hybridized carbons (Fsp3) is 0.829. The van der Waals surface area contributed by atoms with Crippen LogP contribution in [0.25, 0.3) is 0 Å². The minimum absolute atomic E-state index is 0.0480. The zero-order chi connectivity index (χ0) is 48.6. The third-order valence-electron chi connectivity index (χ3n) is 7.71. The number of carboxylic acids is 1. The topological polar surface area (TPSA) is 334 Å². The monoisotopic (exact) mass is 897 g/mol. The minimum Gasteiger partial charge on any atom is -0.479 e. The smallest absolute Gasteiger partial charge is 0.408 e. The Balaban J connectivity index is -0.00000545. The van der Waals surface area contributed by atoms with Crippen molar-refractivity contribution < 1.29 is 73.3 Å². The number of ether oxygens (including phenoxy) is 3. The molecule has 0 aromatic heterocycles. The van der Waals surface area contributed by atoms with E-state index < -0.39 is 95.6 Å². The van der Waals surface area contributed by atoms with Gasteiger partial charge in [0.05, 0.1) is 7.11 Å². The highest BCUT2D eigenvalue weighted by Crippen LogP contribution is 2.12. The fourth-order valence-corrected chi connectivity index (χ4v) is 4.86. The zero-order valence-corrected chi connectivity index (χ0v) is 38.8. The van der Waals surface area contributed by atoms with Gasteiger partial charge in [-0.3, -0.25) is 14.4 Å². The molecule has 0 aromatic rings. The molecule has 0 fully saturated rings. The maximum Gasteiger partial charge on any atom is 0.408 e. The van der Waals surface area contributed by atoms with Crippen LogP contribution in [0.5, 0.6) is 0 Å². The van der Waals surface area contributed by atoms with Gasteiger partial charge >= 0.3 is 24.1 Å². The number of amides is 5. The molecule has 0 spiro atoms. The third kappa shape index (κ3) is 31.5. The lowest BCUT2D eigenvalue weighted by molar-refractivity contribution is -0.166. The predicted molar refractivity (Wildman–Crippen MR) is 230 cm³/mol. The first-order valence-electron chi connectivity index (χ1n) is 21.3. The number of carbonyl (C=O) groups is 7. The van der Waals surface area contributed by atoms with Crippen LogP contribution in [0, 0.1) is 0 Å². The molecule has 364 valence electrons. The molecule has 21 nitrogen and oxygen atoms in total. The highest BCUT2D eigenvalue weighted by molar-refractivity contribution is 5.93. The van der Waals surface area contributed by atoms with E-state index in [0.29, 0.717) is 32.2 Å². The summed E-state index contributed by atoms with van der Waals surface area (Å²) >= 11 is 0. The van der Waals surface area contributed by atoms with Gasteiger partial charge in [-0.05, 0) is 106 Å². The van der Waals surface area contributed by atoms with Gasteiger partial charge in [-0.25, -0.2) is 19.2 Å². The number of alkyl carbamates (subject to hydrolysis) is 2. The summed E-state index contributed by atoms with van der Waals surface area (Å²) in [4.78, 5) is 87.7. The van der Waals surface area contributed by atoms with Crippen molar-refractivity contribution in [1.82, 2.24) is 26.6 Å². The highest BCUT2D eigenvalue weighted by Gasteiger charge is 2.37. The van der Waals surface area contributed by atoms with E-state index in [1.54, 1.807) is 41.5 Å². The van der Waals surface area contributed by atoms with E-state index in [-0.39, 0.29) is 45.2 Å². The second-order valence-corrected chi connectivity index (χ2v) is 16.5. The molecule has 12 N–H and O–H groups in total. The molecular formula is C41H80N6O15. The van der Waals surface area contributed by atoms with Crippen LogP contribution in [0.2, 0.25) is 0 Å². The molecule has 0 aliphatic carbocycles. The second kappa shape index (κ2) is 34.2. The summed E-state index contributed by atoms with van der Waals surface area (Å²) in [7, 11) is 1.17. The molecule has 0 radical (unpaired) electrons. The van der Waals surface area contributed by atoms with E-state index >= 15 is 0 Å². The van der Waals surface area contributed by atoms with Gasteiger partial charge in [-0.15, -0.1) is 0 Å². The number of carbonyl (C=O) groups excluding carboxylic acids is 6. The highest BCUT2D eigenvalue weighted by atomic mass is 16.6. The van der Waals surface area contributed by atoms with Gasteiger partial charge in [-0.1, -0.05) is 40.5 Å². The Labute approximate surface area is 367 Å². The molecule has 21 heteroatoms. The normalized spacial score (nSPS) is 14.5. The first kappa shape index (κ1) is 62.0. The largest absolute Gasteiger partial charge is 0.479 e. The quantitative estimate of drug-likeness (QED) is 0.0351. The number of unbranched alkanes of at least 4 members (excludes halogenated alkanes) is 3. The third-order valence-corrected chi connectivity index (χ3v) is 7.71. The van der Waals surface area contributed by atoms with Crippen molar-refractivity contribution in [2.24, 2.45) is 5.73 Å². The van der Waals surface area contributed by atoms with Crippen LogP contribution in [-0.4, -0.2) is 148 Å². The number of aliphatic hydroxyl groups is 4. The average Bonchev–Trinajstić information content (AvgIpc) is 3.16. The number of hydrogen-bond acceptors (Lipinski definition) is 15. The molecule has 0 saturated carbocycles. The van der Waals surface area contributed by atoms with E-state index in [0.717, 1.165) is 0 Å². The molecule has 7 atom stereocenters. The molecule has 0 aliphatic rings. The van der Waals surface area contributed by atoms with Gasteiger partial charge in [0, 0.05) is 13.1 Å². The van der Waals surface area contributed by atoms with Crippen LogP contribution in [0.3, 0.4) is 0 Å². The summed E-state index contributed by atoms with van der Waals surface area (Å²) in [6.07, 6.45) is -6.20. The number of methoxy groups -OCH3 is 1. The Kier molecular flexibility index (Phi) is 34.2. The Morgan fingerprint density at radius 2 is 0.935 bits per heavy atom. The van der Waals surface area contributed by atoms with Crippen LogP contribution in [0.1, 0.15) is 140 Å². The molecule has 0 aromatic carbocycles. The van der Waals surface area contributed by atoms with Gasteiger partial charge in [0.1, 0.15) is 41.5 Å². The maximum absolute atomic E-state index is 13.7. The zero-order valence-electron chi connectivity index (χ0n) is 38.8. The number of rotatable bonds is 25. The van der Waals surface area contributed by atoms with E-state index in [4.69, 9.17) is 25.1 Å². The molecular weight excluding hydrogens is 816 g/mol. The molecule has 1 unspecified atom stereocenters. The fourth-order valence-electron chi connectivity index (χ4n) is 4.86. The average molecular weight is 897 g/mol. The molecule has 5 amide bonds. The number of aliphatic hydroxyl groups excluding tert-OH is 4. The van der Waals surface area contributed by atoms with E-state index in [9.17, 15) is 54.0 Å².